The maximum absolute atomic E-state index is 12.5. The fourth-order valence-electron chi connectivity index (χ4n) is 7.19. The van der Waals surface area contributed by atoms with Crippen LogP contribution in [0.4, 0.5) is 0 Å². The standard InChI is InChI=1S/C46H84N2O5S/c1-7-10-11-12-13-14-15-16-17-18-19-20-21-22-23-24-25-26-27-28-29-30-31-32-33-34-38-46(4,5)53-43-36-35-41(40-44(43)52-6)37-39-47-45(49)42(8-2)48-54(50,51)9-3/h9,35-36,40,42,48H,3,7-8,10-34,37-39H2,1-2,4-6H3,(H,47,49). The van der Waals surface area contributed by atoms with Crippen molar-refractivity contribution >= 4 is 15.9 Å². The zero-order valence-electron chi connectivity index (χ0n) is 35.8. The van der Waals surface area contributed by atoms with Gasteiger partial charge >= 0.3 is 0 Å². The second kappa shape index (κ2) is 32.1. The monoisotopic (exact) mass is 777 g/mol. The van der Waals surface area contributed by atoms with Crippen molar-refractivity contribution in [3.05, 3.63) is 35.7 Å². The van der Waals surface area contributed by atoms with E-state index in [2.05, 4.69) is 37.4 Å². The van der Waals surface area contributed by atoms with E-state index >= 15 is 0 Å². The first-order valence-electron chi connectivity index (χ1n) is 22.4. The number of hydrogen-bond donors (Lipinski definition) is 2. The summed E-state index contributed by atoms with van der Waals surface area (Å²) in [5.74, 6) is 1.03. The molecule has 314 valence electrons. The Hall–Kier alpha value is -2.06. The third kappa shape index (κ3) is 26.7. The van der Waals surface area contributed by atoms with E-state index in [0.717, 1.165) is 29.6 Å². The molecule has 1 rings (SSSR count). The molecular formula is C46H84N2O5S. The summed E-state index contributed by atoms with van der Waals surface area (Å²) >= 11 is 0. The second-order valence-electron chi connectivity index (χ2n) is 16.3. The number of ether oxygens (including phenoxy) is 2. The highest BCUT2D eigenvalue weighted by Gasteiger charge is 2.22. The molecule has 0 saturated carbocycles. The summed E-state index contributed by atoms with van der Waals surface area (Å²) in [4.78, 5) is 12.5. The molecule has 0 radical (unpaired) electrons. The van der Waals surface area contributed by atoms with Crippen molar-refractivity contribution in [3.8, 4) is 11.5 Å². The molecule has 54 heavy (non-hydrogen) atoms. The van der Waals surface area contributed by atoms with E-state index in [0.29, 0.717) is 25.1 Å². The zero-order valence-corrected chi connectivity index (χ0v) is 36.6. The molecule has 0 aliphatic carbocycles. The van der Waals surface area contributed by atoms with E-state index in [1.54, 1.807) is 14.0 Å². The topological polar surface area (TPSA) is 93.7 Å². The number of sulfonamides is 1. The van der Waals surface area contributed by atoms with Gasteiger partial charge in [0, 0.05) is 12.0 Å². The first kappa shape index (κ1) is 50.0. The number of amides is 1. The third-order valence-electron chi connectivity index (χ3n) is 10.7. The van der Waals surface area contributed by atoms with Gasteiger partial charge in [-0.05, 0) is 57.2 Å². The maximum atomic E-state index is 12.5. The lowest BCUT2D eigenvalue weighted by molar-refractivity contribution is -0.122. The lowest BCUT2D eigenvalue weighted by atomic mass is 9.98. The van der Waals surface area contributed by atoms with Crippen LogP contribution in [0, 0.1) is 0 Å². The molecular weight excluding hydrogens is 693 g/mol. The molecule has 0 saturated heterocycles. The van der Waals surface area contributed by atoms with E-state index in [9.17, 15) is 13.2 Å². The predicted octanol–water partition coefficient (Wildman–Crippen LogP) is 12.9. The largest absolute Gasteiger partial charge is 0.493 e. The number of carbonyl (C=O) groups excluding carboxylic acids is 1. The zero-order chi connectivity index (χ0) is 39.8. The first-order chi connectivity index (χ1) is 26.1. The van der Waals surface area contributed by atoms with E-state index in [-0.39, 0.29) is 11.5 Å². The van der Waals surface area contributed by atoms with Crippen molar-refractivity contribution in [2.24, 2.45) is 0 Å². The van der Waals surface area contributed by atoms with Crippen molar-refractivity contribution in [1.82, 2.24) is 10.0 Å². The van der Waals surface area contributed by atoms with Gasteiger partial charge in [-0.25, -0.2) is 8.42 Å². The molecule has 0 aromatic heterocycles. The highest BCUT2D eigenvalue weighted by molar-refractivity contribution is 7.92. The number of carbonyl (C=O) groups is 1. The Labute approximate surface area is 334 Å². The quantitative estimate of drug-likeness (QED) is 0.0652. The number of methoxy groups -OCH3 is 1. The van der Waals surface area contributed by atoms with Crippen LogP contribution in [-0.2, 0) is 21.2 Å². The minimum absolute atomic E-state index is 0.302. The molecule has 1 aromatic carbocycles. The molecule has 2 N–H and O–H groups in total. The summed E-state index contributed by atoms with van der Waals surface area (Å²) < 4.78 is 37.9. The van der Waals surface area contributed by atoms with Crippen molar-refractivity contribution in [3.63, 3.8) is 0 Å². The Balaban J connectivity index is 2.04. The predicted molar refractivity (Wildman–Crippen MR) is 231 cm³/mol. The van der Waals surface area contributed by atoms with Gasteiger partial charge in [0.05, 0.1) is 7.11 Å². The Bertz CT molecular complexity index is 1190. The average molecular weight is 777 g/mol. The lowest BCUT2D eigenvalue weighted by Gasteiger charge is -2.27. The van der Waals surface area contributed by atoms with Gasteiger partial charge in [-0.3, -0.25) is 4.79 Å². The Morgan fingerprint density at radius 3 is 1.52 bits per heavy atom. The summed E-state index contributed by atoms with van der Waals surface area (Å²) in [6, 6.07) is 5.03. The number of nitrogens with one attached hydrogen (secondary N) is 2. The van der Waals surface area contributed by atoms with Crippen LogP contribution in [0.1, 0.15) is 213 Å². The molecule has 1 unspecified atom stereocenters. The lowest BCUT2D eigenvalue weighted by Crippen LogP contribution is -2.46. The maximum Gasteiger partial charge on any atom is 0.238 e. The van der Waals surface area contributed by atoms with Crippen LogP contribution in [0.25, 0.3) is 0 Å². The van der Waals surface area contributed by atoms with Crippen LogP contribution >= 0.6 is 0 Å². The van der Waals surface area contributed by atoms with Gasteiger partial charge in [0.1, 0.15) is 11.6 Å². The fourth-order valence-corrected chi connectivity index (χ4v) is 7.96. The molecule has 0 fully saturated rings. The summed E-state index contributed by atoms with van der Waals surface area (Å²) in [5, 5.41) is 3.63. The minimum atomic E-state index is -3.68. The second-order valence-corrected chi connectivity index (χ2v) is 17.9. The van der Waals surface area contributed by atoms with E-state index in [4.69, 9.17) is 9.47 Å². The molecule has 0 aliphatic heterocycles. The SMILES string of the molecule is C=CS(=O)(=O)NC(CC)C(=O)NCCc1ccc(OC(C)(C)CCCCCCCCCCCCCCCCCCCCCCCCCCCC)c(OC)c1. The molecule has 0 aliphatic rings. The van der Waals surface area contributed by atoms with Gasteiger partial charge in [0.15, 0.2) is 11.5 Å². The third-order valence-corrected chi connectivity index (χ3v) is 11.8. The summed E-state index contributed by atoms with van der Waals surface area (Å²) in [5.41, 5.74) is 0.691. The number of unbranched alkanes of at least 4 members (excludes halogenated alkanes) is 25. The molecule has 1 atom stereocenters. The summed E-state index contributed by atoms with van der Waals surface area (Å²) in [6.45, 7) is 12.0. The molecule has 0 heterocycles. The molecule has 0 spiro atoms. The fraction of sp³-hybridized carbons (Fsp3) is 0.804. The number of benzene rings is 1. The van der Waals surface area contributed by atoms with Crippen LogP contribution < -0.4 is 19.5 Å². The van der Waals surface area contributed by atoms with Crippen LogP contribution in [0.5, 0.6) is 11.5 Å². The van der Waals surface area contributed by atoms with Gasteiger partial charge in [-0.2, -0.15) is 4.72 Å². The molecule has 1 aromatic rings. The van der Waals surface area contributed by atoms with Crippen molar-refractivity contribution in [2.45, 2.75) is 226 Å². The molecule has 8 heteroatoms. The van der Waals surface area contributed by atoms with Gasteiger partial charge in [-0.1, -0.05) is 187 Å². The highest BCUT2D eigenvalue weighted by atomic mass is 32.2. The van der Waals surface area contributed by atoms with Crippen molar-refractivity contribution in [1.29, 1.82) is 0 Å². The van der Waals surface area contributed by atoms with Crippen LogP contribution in [0.2, 0.25) is 0 Å². The average Bonchev–Trinajstić information content (AvgIpc) is 3.15. The van der Waals surface area contributed by atoms with Crippen molar-refractivity contribution in [2.75, 3.05) is 13.7 Å². The van der Waals surface area contributed by atoms with Crippen LogP contribution in [-0.4, -0.2) is 39.6 Å². The van der Waals surface area contributed by atoms with Gasteiger partial charge in [0.2, 0.25) is 15.9 Å². The van der Waals surface area contributed by atoms with Gasteiger partial charge < -0.3 is 14.8 Å². The van der Waals surface area contributed by atoms with Gasteiger partial charge in [0.25, 0.3) is 0 Å². The molecule has 7 nitrogen and oxygen atoms in total. The van der Waals surface area contributed by atoms with Gasteiger partial charge in [-0.15, -0.1) is 0 Å². The molecule has 1 amide bonds. The Kier molecular flexibility index (Phi) is 29.7. The number of rotatable bonds is 38. The van der Waals surface area contributed by atoms with Crippen LogP contribution in [0.15, 0.2) is 30.2 Å². The Morgan fingerprint density at radius 2 is 1.13 bits per heavy atom. The summed E-state index contributed by atoms with van der Waals surface area (Å²) in [6.07, 6.45) is 38.4. The minimum Gasteiger partial charge on any atom is -0.493 e. The van der Waals surface area contributed by atoms with E-state index < -0.39 is 16.1 Å². The number of hydrogen-bond acceptors (Lipinski definition) is 5. The Morgan fingerprint density at radius 1 is 0.704 bits per heavy atom. The first-order valence-corrected chi connectivity index (χ1v) is 23.9. The normalized spacial score (nSPS) is 12.5. The van der Waals surface area contributed by atoms with Crippen LogP contribution in [0.3, 0.4) is 0 Å². The van der Waals surface area contributed by atoms with E-state index in [1.807, 2.05) is 18.2 Å². The smallest absolute Gasteiger partial charge is 0.238 e. The molecule has 0 bridgehead atoms. The van der Waals surface area contributed by atoms with Crippen molar-refractivity contribution < 1.29 is 22.7 Å². The highest BCUT2D eigenvalue weighted by Crippen LogP contribution is 2.33. The van der Waals surface area contributed by atoms with E-state index in [1.165, 1.54) is 161 Å². The summed E-state index contributed by atoms with van der Waals surface area (Å²) in [7, 11) is -2.04.